The summed E-state index contributed by atoms with van der Waals surface area (Å²) in [6.07, 6.45) is 2.33. The molecule has 2 aromatic carbocycles. The molecule has 1 atom stereocenters. The maximum Gasteiger partial charge on any atom is 0.143 e. The average molecular weight is 411 g/mol. The Labute approximate surface area is 142 Å². The van der Waals surface area contributed by atoms with E-state index in [-0.39, 0.29) is 5.75 Å². The summed E-state index contributed by atoms with van der Waals surface area (Å²) in [5.41, 5.74) is 3.93. The van der Waals surface area contributed by atoms with Gasteiger partial charge in [-0.05, 0) is 81.0 Å². The van der Waals surface area contributed by atoms with Crippen molar-refractivity contribution in [1.29, 1.82) is 0 Å². The SMILES string of the molecule is CC1CCc2ccccc2N1Cc1cc(Br)c(O)c(Br)c1. The fourth-order valence-electron chi connectivity index (χ4n) is 2.91. The van der Waals surface area contributed by atoms with Gasteiger partial charge in [0.25, 0.3) is 0 Å². The quantitative estimate of drug-likeness (QED) is 0.729. The van der Waals surface area contributed by atoms with E-state index < -0.39 is 0 Å². The first-order valence-electron chi connectivity index (χ1n) is 7.07. The molecule has 2 aromatic rings. The van der Waals surface area contributed by atoms with Gasteiger partial charge in [0.15, 0.2) is 0 Å². The summed E-state index contributed by atoms with van der Waals surface area (Å²) in [7, 11) is 0. The van der Waals surface area contributed by atoms with Gasteiger partial charge in [-0.25, -0.2) is 0 Å². The first kappa shape index (κ1) is 14.9. The lowest BCUT2D eigenvalue weighted by atomic mass is 9.96. The van der Waals surface area contributed by atoms with E-state index in [9.17, 15) is 5.11 Å². The molecule has 1 N–H and O–H groups in total. The molecule has 110 valence electrons. The number of rotatable bonds is 2. The van der Waals surface area contributed by atoms with Crippen molar-refractivity contribution < 1.29 is 5.11 Å². The van der Waals surface area contributed by atoms with Gasteiger partial charge in [0.05, 0.1) is 8.95 Å². The first-order chi connectivity index (χ1) is 10.1. The van der Waals surface area contributed by atoms with Gasteiger partial charge < -0.3 is 10.0 Å². The molecule has 1 unspecified atom stereocenters. The fraction of sp³-hybridized carbons (Fsp3) is 0.294. The standard InChI is InChI=1S/C17H17Br2NO/c1-11-6-7-13-4-2-3-5-16(13)20(11)10-12-8-14(18)17(21)15(19)9-12/h2-5,8-9,11,21H,6-7,10H2,1H3. The van der Waals surface area contributed by atoms with E-state index in [2.05, 4.69) is 67.9 Å². The summed E-state index contributed by atoms with van der Waals surface area (Å²) >= 11 is 6.82. The van der Waals surface area contributed by atoms with Gasteiger partial charge in [-0.3, -0.25) is 0 Å². The lowest BCUT2D eigenvalue weighted by Gasteiger charge is -2.37. The number of benzene rings is 2. The highest BCUT2D eigenvalue weighted by Crippen LogP contribution is 2.36. The van der Waals surface area contributed by atoms with Gasteiger partial charge >= 0.3 is 0 Å². The number of hydrogen-bond donors (Lipinski definition) is 1. The molecule has 0 fully saturated rings. The van der Waals surface area contributed by atoms with E-state index in [1.54, 1.807) is 0 Å². The van der Waals surface area contributed by atoms with Crippen LogP contribution in [0.1, 0.15) is 24.5 Å². The van der Waals surface area contributed by atoms with Crippen LogP contribution in [0.5, 0.6) is 5.75 Å². The number of fused-ring (bicyclic) bond motifs is 1. The molecular weight excluding hydrogens is 394 g/mol. The largest absolute Gasteiger partial charge is 0.506 e. The number of phenolic OH excluding ortho intramolecular Hbond substituents is 1. The van der Waals surface area contributed by atoms with E-state index >= 15 is 0 Å². The zero-order valence-electron chi connectivity index (χ0n) is 11.8. The number of aromatic hydroxyl groups is 1. The van der Waals surface area contributed by atoms with Crippen molar-refractivity contribution in [3.63, 3.8) is 0 Å². The highest BCUT2D eigenvalue weighted by atomic mass is 79.9. The van der Waals surface area contributed by atoms with Crippen molar-refractivity contribution in [3.8, 4) is 5.75 Å². The van der Waals surface area contributed by atoms with Crippen molar-refractivity contribution >= 4 is 37.5 Å². The number of nitrogens with zero attached hydrogens (tertiary/aromatic N) is 1. The maximum absolute atomic E-state index is 9.84. The highest BCUT2D eigenvalue weighted by molar-refractivity contribution is 9.11. The Bertz CT molecular complexity index is 649. The zero-order valence-corrected chi connectivity index (χ0v) is 15.0. The van der Waals surface area contributed by atoms with E-state index in [4.69, 9.17) is 0 Å². The minimum Gasteiger partial charge on any atom is -0.506 e. The maximum atomic E-state index is 9.84. The van der Waals surface area contributed by atoms with Gasteiger partial charge in [0.1, 0.15) is 5.75 Å². The van der Waals surface area contributed by atoms with Crippen LogP contribution in [0.2, 0.25) is 0 Å². The van der Waals surface area contributed by atoms with Crippen molar-refractivity contribution in [2.45, 2.75) is 32.4 Å². The van der Waals surface area contributed by atoms with Crippen molar-refractivity contribution in [2.75, 3.05) is 4.90 Å². The van der Waals surface area contributed by atoms with E-state index in [1.807, 2.05) is 12.1 Å². The van der Waals surface area contributed by atoms with Crippen LogP contribution in [0.15, 0.2) is 45.3 Å². The van der Waals surface area contributed by atoms with Crippen LogP contribution in [-0.4, -0.2) is 11.1 Å². The number of phenols is 1. The minimum absolute atomic E-state index is 0.255. The second-order valence-corrected chi connectivity index (χ2v) is 7.26. The van der Waals surface area contributed by atoms with E-state index in [0.29, 0.717) is 6.04 Å². The third-order valence-electron chi connectivity index (χ3n) is 4.09. The number of aryl methyl sites for hydroxylation is 1. The third kappa shape index (κ3) is 2.97. The lowest BCUT2D eigenvalue weighted by molar-refractivity contribution is 0.468. The van der Waals surface area contributed by atoms with Crippen molar-refractivity contribution in [1.82, 2.24) is 0 Å². The van der Waals surface area contributed by atoms with E-state index in [1.165, 1.54) is 23.2 Å². The topological polar surface area (TPSA) is 23.5 Å². The third-order valence-corrected chi connectivity index (χ3v) is 5.30. The van der Waals surface area contributed by atoms with Crippen LogP contribution in [0.3, 0.4) is 0 Å². The Kier molecular flexibility index (Phi) is 4.27. The number of hydrogen-bond acceptors (Lipinski definition) is 2. The van der Waals surface area contributed by atoms with Gasteiger partial charge in [-0.2, -0.15) is 0 Å². The average Bonchev–Trinajstić information content (AvgIpc) is 2.47. The fourth-order valence-corrected chi connectivity index (χ4v) is 4.19. The number of para-hydroxylation sites is 1. The zero-order chi connectivity index (χ0) is 15.0. The van der Waals surface area contributed by atoms with Crippen molar-refractivity contribution in [2.24, 2.45) is 0 Å². The smallest absolute Gasteiger partial charge is 0.143 e. The molecule has 0 radical (unpaired) electrons. The molecule has 0 aromatic heterocycles. The molecule has 0 spiro atoms. The normalized spacial score (nSPS) is 17.7. The molecule has 3 rings (SSSR count). The van der Waals surface area contributed by atoms with Crippen LogP contribution in [0, 0.1) is 0 Å². The van der Waals surface area contributed by atoms with Gasteiger partial charge in [-0.15, -0.1) is 0 Å². The summed E-state index contributed by atoms with van der Waals surface area (Å²) in [6, 6.07) is 13.1. The number of halogens is 2. The molecular formula is C17H17Br2NO. The summed E-state index contributed by atoms with van der Waals surface area (Å²) in [4.78, 5) is 2.45. The van der Waals surface area contributed by atoms with Gasteiger partial charge in [-0.1, -0.05) is 18.2 Å². The van der Waals surface area contributed by atoms with Crippen LogP contribution >= 0.6 is 31.9 Å². The molecule has 21 heavy (non-hydrogen) atoms. The molecule has 4 heteroatoms. The molecule has 0 amide bonds. The molecule has 0 aliphatic carbocycles. The Morgan fingerprint density at radius 2 is 1.86 bits per heavy atom. The molecule has 0 saturated heterocycles. The molecule has 0 saturated carbocycles. The Balaban J connectivity index is 1.94. The van der Waals surface area contributed by atoms with Crippen LogP contribution < -0.4 is 4.90 Å². The van der Waals surface area contributed by atoms with Gasteiger partial charge in [0, 0.05) is 18.3 Å². The van der Waals surface area contributed by atoms with Crippen LogP contribution in [0.25, 0.3) is 0 Å². The summed E-state index contributed by atoms with van der Waals surface area (Å²) in [5, 5.41) is 9.84. The van der Waals surface area contributed by atoms with E-state index in [0.717, 1.165) is 21.9 Å². The predicted molar refractivity (Wildman–Crippen MR) is 93.9 cm³/mol. The van der Waals surface area contributed by atoms with Crippen LogP contribution in [-0.2, 0) is 13.0 Å². The summed E-state index contributed by atoms with van der Waals surface area (Å²) in [6.45, 7) is 3.12. The molecule has 1 heterocycles. The minimum atomic E-state index is 0.255. The summed E-state index contributed by atoms with van der Waals surface area (Å²) < 4.78 is 1.45. The van der Waals surface area contributed by atoms with Crippen LogP contribution in [0.4, 0.5) is 5.69 Å². The van der Waals surface area contributed by atoms with Gasteiger partial charge in [0.2, 0.25) is 0 Å². The first-order valence-corrected chi connectivity index (χ1v) is 8.66. The molecule has 1 aliphatic rings. The Morgan fingerprint density at radius 1 is 1.19 bits per heavy atom. The van der Waals surface area contributed by atoms with Crippen molar-refractivity contribution in [3.05, 3.63) is 56.5 Å². The Morgan fingerprint density at radius 3 is 2.57 bits per heavy atom. The molecule has 1 aliphatic heterocycles. The Hall–Kier alpha value is -1.000. The summed E-state index contributed by atoms with van der Waals surface area (Å²) in [5.74, 6) is 0.255. The highest BCUT2D eigenvalue weighted by Gasteiger charge is 2.23. The lowest BCUT2D eigenvalue weighted by Crippen LogP contribution is -2.36. The number of anilines is 1. The monoisotopic (exact) mass is 409 g/mol. The molecule has 0 bridgehead atoms. The second kappa shape index (κ2) is 6.01. The second-order valence-electron chi connectivity index (χ2n) is 5.55. The predicted octanol–water partition coefficient (Wildman–Crippen LogP) is 5.26. The molecule has 2 nitrogen and oxygen atoms in total.